The first-order chi connectivity index (χ1) is 9.22. The first-order valence-corrected chi connectivity index (χ1v) is 7.41. The molecular formula is C15H20BrN3. The third-order valence-corrected chi connectivity index (χ3v) is 3.01. The summed E-state index contributed by atoms with van der Waals surface area (Å²) in [6, 6.07) is 8.55. The molecule has 0 saturated heterocycles. The number of rotatable bonds is 4. The molecule has 0 aromatic carbocycles. The third kappa shape index (κ3) is 7.70. The molecule has 4 heteroatoms. The van der Waals surface area contributed by atoms with Gasteiger partial charge in [0.2, 0.25) is 0 Å². The maximum absolute atomic E-state index is 3.94. The van der Waals surface area contributed by atoms with E-state index in [2.05, 4.69) is 45.1 Å². The summed E-state index contributed by atoms with van der Waals surface area (Å²) in [7, 11) is 0. The number of pyridine rings is 2. The minimum absolute atomic E-state index is 0.545. The van der Waals surface area contributed by atoms with Crippen molar-refractivity contribution in [3.63, 3.8) is 0 Å². The lowest BCUT2D eigenvalue weighted by Crippen LogP contribution is -2.21. The summed E-state index contributed by atoms with van der Waals surface area (Å²) < 4.78 is 0. The molecule has 102 valence electrons. The van der Waals surface area contributed by atoms with Crippen molar-refractivity contribution in [2.24, 2.45) is 0 Å². The van der Waals surface area contributed by atoms with Crippen LogP contribution in [0.15, 0.2) is 49.1 Å². The highest BCUT2D eigenvalue weighted by molar-refractivity contribution is 9.08. The molecule has 0 fully saturated rings. The molecule has 0 atom stereocenters. The van der Waals surface area contributed by atoms with Gasteiger partial charge in [0, 0.05) is 42.7 Å². The molecule has 0 aliphatic rings. The highest BCUT2D eigenvalue weighted by atomic mass is 79.9. The Labute approximate surface area is 123 Å². The lowest BCUT2D eigenvalue weighted by atomic mass is 10.2. The Morgan fingerprint density at radius 1 is 0.947 bits per heavy atom. The van der Waals surface area contributed by atoms with Crippen molar-refractivity contribution in [1.82, 2.24) is 15.3 Å². The van der Waals surface area contributed by atoms with Crippen LogP contribution in [0.25, 0.3) is 0 Å². The number of nitrogens with zero attached hydrogens (tertiary/aromatic N) is 2. The van der Waals surface area contributed by atoms with Crippen molar-refractivity contribution < 1.29 is 0 Å². The molecule has 2 heterocycles. The van der Waals surface area contributed by atoms with Crippen molar-refractivity contribution in [2.75, 3.05) is 0 Å². The van der Waals surface area contributed by atoms with Gasteiger partial charge < -0.3 is 5.32 Å². The lowest BCUT2D eigenvalue weighted by molar-refractivity contribution is 0.588. The second-order valence-corrected chi connectivity index (χ2v) is 4.94. The summed E-state index contributed by atoms with van der Waals surface area (Å²) in [6.07, 6.45) is 7.21. The number of hydrogen-bond acceptors (Lipinski definition) is 3. The standard InChI is InChI=1S/C9H14N2.C6H6BrN/c1-8(2)11-7-9-3-5-10-6-4-9;7-5-6-1-3-8-4-2-6/h3-6,8,11H,7H2,1-2H3;1-4H,5H2. The number of halogens is 1. The molecule has 0 radical (unpaired) electrons. The number of nitrogens with one attached hydrogen (secondary N) is 1. The second-order valence-electron chi connectivity index (χ2n) is 4.38. The van der Waals surface area contributed by atoms with Crippen molar-refractivity contribution in [1.29, 1.82) is 0 Å². The van der Waals surface area contributed by atoms with E-state index in [0.29, 0.717) is 6.04 Å². The zero-order valence-corrected chi connectivity index (χ0v) is 13.0. The summed E-state index contributed by atoms with van der Waals surface area (Å²) in [5.74, 6) is 0. The van der Waals surface area contributed by atoms with E-state index in [0.717, 1.165) is 11.9 Å². The normalized spacial score (nSPS) is 9.89. The number of hydrogen-bond donors (Lipinski definition) is 1. The highest BCUT2D eigenvalue weighted by Crippen LogP contribution is 2.00. The summed E-state index contributed by atoms with van der Waals surface area (Å²) >= 11 is 3.33. The molecule has 2 aromatic rings. The fourth-order valence-corrected chi connectivity index (χ4v) is 1.67. The summed E-state index contributed by atoms with van der Waals surface area (Å²) in [5.41, 5.74) is 2.55. The van der Waals surface area contributed by atoms with E-state index in [1.165, 1.54) is 11.1 Å². The number of alkyl halides is 1. The SMILES string of the molecule is BrCc1ccncc1.CC(C)NCc1ccncc1. The molecule has 0 bridgehead atoms. The fourth-order valence-electron chi connectivity index (χ4n) is 1.29. The monoisotopic (exact) mass is 321 g/mol. The Morgan fingerprint density at radius 3 is 1.79 bits per heavy atom. The van der Waals surface area contributed by atoms with Crippen molar-refractivity contribution in [3.8, 4) is 0 Å². The smallest absolute Gasteiger partial charge is 0.0284 e. The minimum Gasteiger partial charge on any atom is -0.310 e. The van der Waals surface area contributed by atoms with Gasteiger partial charge in [0.15, 0.2) is 0 Å². The molecule has 0 spiro atoms. The van der Waals surface area contributed by atoms with Gasteiger partial charge in [0.1, 0.15) is 0 Å². The van der Waals surface area contributed by atoms with Gasteiger partial charge in [-0.15, -0.1) is 0 Å². The molecule has 0 amide bonds. The third-order valence-electron chi connectivity index (χ3n) is 2.37. The molecule has 2 aromatic heterocycles. The van der Waals surface area contributed by atoms with Crippen LogP contribution in [0.3, 0.4) is 0 Å². The van der Waals surface area contributed by atoms with Crippen LogP contribution in [-0.2, 0) is 11.9 Å². The van der Waals surface area contributed by atoms with E-state index in [9.17, 15) is 0 Å². The Morgan fingerprint density at radius 2 is 1.42 bits per heavy atom. The quantitative estimate of drug-likeness (QED) is 0.875. The fraction of sp³-hybridized carbons (Fsp3) is 0.333. The molecule has 2 rings (SSSR count). The largest absolute Gasteiger partial charge is 0.310 e. The van der Waals surface area contributed by atoms with Crippen LogP contribution in [0.1, 0.15) is 25.0 Å². The van der Waals surface area contributed by atoms with Gasteiger partial charge in [0.25, 0.3) is 0 Å². The molecular weight excluding hydrogens is 302 g/mol. The predicted molar refractivity (Wildman–Crippen MR) is 83.1 cm³/mol. The molecule has 0 unspecified atom stereocenters. The van der Waals surface area contributed by atoms with E-state index in [4.69, 9.17) is 0 Å². The summed E-state index contributed by atoms with van der Waals surface area (Å²) in [6.45, 7) is 5.21. The van der Waals surface area contributed by atoms with E-state index in [-0.39, 0.29) is 0 Å². The van der Waals surface area contributed by atoms with Gasteiger partial charge in [-0.2, -0.15) is 0 Å². The van der Waals surface area contributed by atoms with Gasteiger partial charge in [-0.3, -0.25) is 9.97 Å². The van der Waals surface area contributed by atoms with Crippen LogP contribution in [0.4, 0.5) is 0 Å². The van der Waals surface area contributed by atoms with Crippen molar-refractivity contribution in [2.45, 2.75) is 31.8 Å². The van der Waals surface area contributed by atoms with Crippen LogP contribution >= 0.6 is 15.9 Å². The van der Waals surface area contributed by atoms with Crippen molar-refractivity contribution >= 4 is 15.9 Å². The zero-order chi connectivity index (χ0) is 13.9. The second kappa shape index (κ2) is 9.64. The molecule has 3 nitrogen and oxygen atoms in total. The van der Waals surface area contributed by atoms with Gasteiger partial charge in [-0.05, 0) is 35.4 Å². The van der Waals surface area contributed by atoms with Gasteiger partial charge in [-0.25, -0.2) is 0 Å². The Balaban J connectivity index is 0.000000200. The Hall–Kier alpha value is -1.26. The predicted octanol–water partition coefficient (Wildman–Crippen LogP) is 3.56. The highest BCUT2D eigenvalue weighted by Gasteiger charge is 1.92. The first kappa shape index (κ1) is 15.8. The zero-order valence-electron chi connectivity index (χ0n) is 11.4. The summed E-state index contributed by atoms with van der Waals surface area (Å²) in [5, 5.41) is 4.25. The van der Waals surface area contributed by atoms with Crippen molar-refractivity contribution in [3.05, 3.63) is 60.2 Å². The van der Waals surface area contributed by atoms with Crippen LogP contribution in [-0.4, -0.2) is 16.0 Å². The Bertz CT molecular complexity index is 432. The van der Waals surface area contributed by atoms with Gasteiger partial charge in [-0.1, -0.05) is 29.8 Å². The summed E-state index contributed by atoms with van der Waals surface area (Å²) in [4.78, 5) is 7.82. The van der Waals surface area contributed by atoms with Crippen LogP contribution in [0, 0.1) is 0 Å². The van der Waals surface area contributed by atoms with Gasteiger partial charge >= 0.3 is 0 Å². The topological polar surface area (TPSA) is 37.8 Å². The molecule has 0 aliphatic carbocycles. The number of aromatic nitrogens is 2. The molecule has 0 saturated carbocycles. The van der Waals surface area contributed by atoms with E-state index in [1.54, 1.807) is 12.4 Å². The van der Waals surface area contributed by atoms with Crippen LogP contribution < -0.4 is 5.32 Å². The lowest BCUT2D eigenvalue weighted by Gasteiger charge is -2.06. The maximum Gasteiger partial charge on any atom is 0.0284 e. The molecule has 0 aliphatic heterocycles. The molecule has 19 heavy (non-hydrogen) atoms. The average Bonchev–Trinajstić information content (AvgIpc) is 2.48. The van der Waals surface area contributed by atoms with E-state index in [1.807, 2.05) is 36.7 Å². The maximum atomic E-state index is 3.94. The Kier molecular flexibility index (Phi) is 8.02. The molecule has 1 N–H and O–H groups in total. The van der Waals surface area contributed by atoms with Crippen LogP contribution in [0.5, 0.6) is 0 Å². The first-order valence-electron chi connectivity index (χ1n) is 6.29. The van der Waals surface area contributed by atoms with Gasteiger partial charge in [0.05, 0.1) is 0 Å². The van der Waals surface area contributed by atoms with E-state index >= 15 is 0 Å². The average molecular weight is 322 g/mol. The minimum atomic E-state index is 0.545. The van der Waals surface area contributed by atoms with E-state index < -0.39 is 0 Å². The van der Waals surface area contributed by atoms with Crippen LogP contribution in [0.2, 0.25) is 0 Å².